The van der Waals surface area contributed by atoms with E-state index in [1.54, 1.807) is 12.3 Å². The van der Waals surface area contributed by atoms with Crippen molar-refractivity contribution in [3.63, 3.8) is 0 Å². The highest BCUT2D eigenvalue weighted by Gasteiger charge is 2.07. The van der Waals surface area contributed by atoms with Gasteiger partial charge in [-0.15, -0.1) is 6.58 Å². The van der Waals surface area contributed by atoms with E-state index in [0.29, 0.717) is 11.0 Å². The number of hydrogen-bond donors (Lipinski definition) is 1. The van der Waals surface area contributed by atoms with Crippen molar-refractivity contribution < 1.29 is 0 Å². The number of allylic oxidation sites excluding steroid dienone is 1. The first-order valence-corrected chi connectivity index (χ1v) is 8.48. The molecule has 0 amide bonds. The first-order chi connectivity index (χ1) is 9.20. The number of hydrogen-bond acceptors (Lipinski definition) is 4. The van der Waals surface area contributed by atoms with Crippen LogP contribution in [-0.4, -0.2) is 28.3 Å². The Bertz CT molecular complexity index is 462. The Kier molecular flexibility index (Phi) is 7.90. The van der Waals surface area contributed by atoms with Gasteiger partial charge in [0.25, 0.3) is 5.56 Å². The van der Waals surface area contributed by atoms with E-state index in [1.807, 2.05) is 11.8 Å². The van der Waals surface area contributed by atoms with Gasteiger partial charge in [0.15, 0.2) is 0 Å². The molecule has 1 heterocycles. The number of halogens is 1. The Morgan fingerprint density at radius 3 is 3.00 bits per heavy atom. The lowest BCUT2D eigenvalue weighted by molar-refractivity contribution is 0.648. The van der Waals surface area contributed by atoms with Gasteiger partial charge in [-0.2, -0.15) is 16.9 Å². The third-order valence-electron chi connectivity index (χ3n) is 2.63. The summed E-state index contributed by atoms with van der Waals surface area (Å²) in [6.45, 7) is 4.89. The van der Waals surface area contributed by atoms with E-state index in [9.17, 15) is 4.79 Å². The average Bonchev–Trinajstić information content (AvgIpc) is 2.41. The molecule has 1 aromatic heterocycles. The Morgan fingerprint density at radius 1 is 1.53 bits per heavy atom. The molecule has 0 atom stereocenters. The zero-order valence-corrected chi connectivity index (χ0v) is 13.6. The van der Waals surface area contributed by atoms with Crippen molar-refractivity contribution >= 4 is 33.4 Å². The largest absolute Gasteiger partial charge is 0.383 e. The lowest BCUT2D eigenvalue weighted by atomic mass is 10.2. The Morgan fingerprint density at radius 2 is 2.32 bits per heavy atom. The van der Waals surface area contributed by atoms with Crippen LogP contribution in [0.1, 0.15) is 19.3 Å². The normalized spacial score (nSPS) is 10.4. The van der Waals surface area contributed by atoms with Gasteiger partial charge >= 0.3 is 0 Å². The van der Waals surface area contributed by atoms with E-state index in [1.165, 1.54) is 23.3 Å². The van der Waals surface area contributed by atoms with Crippen LogP contribution in [0.15, 0.2) is 28.1 Å². The summed E-state index contributed by atoms with van der Waals surface area (Å²) in [5, 5.41) is 7.34. The molecule has 0 saturated carbocycles. The highest BCUT2D eigenvalue weighted by Crippen LogP contribution is 2.16. The standard InChI is InChI=1S/C13H20BrN3OS/c1-3-8-17-13(18)12(14)11(10-16-17)15-7-5-4-6-9-19-2/h3,10,15H,1,4-9H2,2H3. The molecule has 0 aliphatic rings. The maximum atomic E-state index is 11.9. The van der Waals surface area contributed by atoms with Crippen LogP contribution in [-0.2, 0) is 6.54 Å². The second-order valence-electron chi connectivity index (χ2n) is 4.13. The van der Waals surface area contributed by atoms with E-state index in [0.717, 1.165) is 18.7 Å². The fourth-order valence-electron chi connectivity index (χ4n) is 1.61. The minimum Gasteiger partial charge on any atom is -0.383 e. The third-order valence-corrected chi connectivity index (χ3v) is 4.09. The summed E-state index contributed by atoms with van der Waals surface area (Å²) in [4.78, 5) is 11.9. The van der Waals surface area contributed by atoms with Gasteiger partial charge in [-0.1, -0.05) is 12.5 Å². The summed E-state index contributed by atoms with van der Waals surface area (Å²) in [5.41, 5.74) is 0.627. The summed E-state index contributed by atoms with van der Waals surface area (Å²) >= 11 is 5.20. The van der Waals surface area contributed by atoms with Gasteiger partial charge in [0.1, 0.15) is 4.47 Å². The first kappa shape index (κ1) is 16.3. The summed E-state index contributed by atoms with van der Waals surface area (Å²) < 4.78 is 1.91. The van der Waals surface area contributed by atoms with Crippen molar-refractivity contribution in [1.82, 2.24) is 9.78 Å². The van der Waals surface area contributed by atoms with Crippen LogP contribution < -0.4 is 10.9 Å². The molecule has 106 valence electrons. The quantitative estimate of drug-likeness (QED) is 0.551. The van der Waals surface area contributed by atoms with E-state index in [-0.39, 0.29) is 5.56 Å². The molecule has 0 saturated heterocycles. The predicted octanol–water partition coefficient (Wildman–Crippen LogP) is 3.14. The van der Waals surface area contributed by atoms with Crippen LogP contribution >= 0.6 is 27.7 Å². The molecule has 0 aliphatic carbocycles. The van der Waals surface area contributed by atoms with Crippen molar-refractivity contribution in [1.29, 1.82) is 0 Å². The Labute approximate surface area is 126 Å². The predicted molar refractivity (Wildman–Crippen MR) is 87.1 cm³/mol. The lowest BCUT2D eigenvalue weighted by Crippen LogP contribution is -2.24. The topological polar surface area (TPSA) is 46.9 Å². The number of nitrogens with one attached hydrogen (secondary N) is 1. The maximum Gasteiger partial charge on any atom is 0.283 e. The minimum atomic E-state index is -0.132. The van der Waals surface area contributed by atoms with E-state index in [2.05, 4.69) is 39.2 Å². The van der Waals surface area contributed by atoms with Crippen LogP contribution in [0.2, 0.25) is 0 Å². The Balaban J connectivity index is 2.48. The second kappa shape index (κ2) is 9.20. The second-order valence-corrected chi connectivity index (χ2v) is 5.91. The highest BCUT2D eigenvalue weighted by atomic mass is 79.9. The number of aromatic nitrogens is 2. The van der Waals surface area contributed by atoms with Gasteiger partial charge in [-0.05, 0) is 40.8 Å². The molecule has 19 heavy (non-hydrogen) atoms. The van der Waals surface area contributed by atoms with Gasteiger partial charge in [0.2, 0.25) is 0 Å². The van der Waals surface area contributed by atoms with E-state index in [4.69, 9.17) is 0 Å². The van der Waals surface area contributed by atoms with Gasteiger partial charge < -0.3 is 5.32 Å². The van der Waals surface area contributed by atoms with Crippen LogP contribution in [0.3, 0.4) is 0 Å². The molecule has 4 nitrogen and oxygen atoms in total. The maximum absolute atomic E-state index is 11.9. The highest BCUT2D eigenvalue weighted by molar-refractivity contribution is 9.10. The van der Waals surface area contributed by atoms with Gasteiger partial charge in [0, 0.05) is 6.54 Å². The van der Waals surface area contributed by atoms with Crippen molar-refractivity contribution in [3.8, 4) is 0 Å². The third kappa shape index (κ3) is 5.40. The summed E-state index contributed by atoms with van der Waals surface area (Å²) in [7, 11) is 0. The monoisotopic (exact) mass is 345 g/mol. The molecule has 6 heteroatoms. The minimum absolute atomic E-state index is 0.132. The van der Waals surface area contributed by atoms with E-state index < -0.39 is 0 Å². The molecule has 0 unspecified atom stereocenters. The SMILES string of the molecule is C=CCn1ncc(NCCCCCSC)c(Br)c1=O. The van der Waals surface area contributed by atoms with Crippen molar-refractivity contribution in [2.75, 3.05) is 23.9 Å². The van der Waals surface area contributed by atoms with Crippen LogP contribution in [0.5, 0.6) is 0 Å². The molecule has 0 aliphatic heterocycles. The Hall–Kier alpha value is -0.750. The van der Waals surface area contributed by atoms with Crippen LogP contribution in [0, 0.1) is 0 Å². The summed E-state index contributed by atoms with van der Waals surface area (Å²) in [6, 6.07) is 0. The molecule has 0 radical (unpaired) electrons. The molecule has 1 N–H and O–H groups in total. The molecular weight excluding hydrogens is 326 g/mol. The molecule has 0 fully saturated rings. The van der Waals surface area contributed by atoms with Crippen molar-refractivity contribution in [3.05, 3.63) is 33.7 Å². The van der Waals surface area contributed by atoms with Crippen LogP contribution in [0.25, 0.3) is 0 Å². The zero-order chi connectivity index (χ0) is 14.1. The fraction of sp³-hybridized carbons (Fsp3) is 0.538. The molecule has 0 aromatic carbocycles. The zero-order valence-electron chi connectivity index (χ0n) is 11.2. The van der Waals surface area contributed by atoms with E-state index >= 15 is 0 Å². The molecule has 1 rings (SSSR count). The lowest BCUT2D eigenvalue weighted by Gasteiger charge is -2.09. The fourth-order valence-corrected chi connectivity index (χ4v) is 2.55. The van der Waals surface area contributed by atoms with Crippen molar-refractivity contribution in [2.45, 2.75) is 25.8 Å². The summed E-state index contributed by atoms with van der Waals surface area (Å²) in [6.07, 6.45) is 8.99. The average molecular weight is 346 g/mol. The van der Waals surface area contributed by atoms with Crippen molar-refractivity contribution in [2.24, 2.45) is 0 Å². The number of thioether (sulfide) groups is 1. The van der Waals surface area contributed by atoms with Crippen LogP contribution in [0.4, 0.5) is 5.69 Å². The molecule has 1 aromatic rings. The number of anilines is 1. The van der Waals surface area contributed by atoms with Gasteiger partial charge in [-0.3, -0.25) is 4.79 Å². The number of nitrogens with zero attached hydrogens (tertiary/aromatic N) is 2. The molecular formula is C13H20BrN3OS. The summed E-state index contributed by atoms with van der Waals surface area (Å²) in [5.74, 6) is 1.21. The van der Waals surface area contributed by atoms with Gasteiger partial charge in [0.05, 0.1) is 18.4 Å². The number of rotatable bonds is 9. The first-order valence-electron chi connectivity index (χ1n) is 6.30. The molecule has 0 spiro atoms. The smallest absolute Gasteiger partial charge is 0.283 e. The number of unbranched alkanes of at least 4 members (excludes halogenated alkanes) is 2. The van der Waals surface area contributed by atoms with Gasteiger partial charge in [-0.25, -0.2) is 4.68 Å². The molecule has 0 bridgehead atoms.